The number of hydrogen-bond acceptors (Lipinski definition) is 4. The van der Waals surface area contributed by atoms with Gasteiger partial charge >= 0.3 is 5.69 Å². The number of aromatic amines is 1. The SMILES string of the molecule is C/C=C/C(=N)c1c(SC)[nH]c(=O)n(CC)c1=O. The Morgan fingerprint density at radius 2 is 2.18 bits per heavy atom. The maximum atomic E-state index is 12.1. The van der Waals surface area contributed by atoms with Gasteiger partial charge in [0.2, 0.25) is 0 Å². The van der Waals surface area contributed by atoms with E-state index in [2.05, 4.69) is 4.98 Å². The number of thioether (sulfide) groups is 1. The average Bonchev–Trinajstić information content (AvgIpc) is 2.28. The standard InChI is InChI=1S/C11H15N3O2S/c1-4-6-7(12)8-9(17-3)13-11(16)14(5-2)10(8)15/h4,6,12H,5H2,1-3H3,(H,13,16)/b6-4+,12-7?. The zero-order chi connectivity index (χ0) is 13.0. The molecular weight excluding hydrogens is 238 g/mol. The third-order valence-corrected chi connectivity index (χ3v) is 2.99. The van der Waals surface area contributed by atoms with Crippen molar-refractivity contribution in [3.05, 3.63) is 38.6 Å². The summed E-state index contributed by atoms with van der Waals surface area (Å²) in [6.45, 7) is 3.79. The summed E-state index contributed by atoms with van der Waals surface area (Å²) in [7, 11) is 0. The van der Waals surface area contributed by atoms with Gasteiger partial charge in [0.05, 0.1) is 16.3 Å². The maximum absolute atomic E-state index is 12.1. The van der Waals surface area contributed by atoms with E-state index in [1.54, 1.807) is 26.2 Å². The van der Waals surface area contributed by atoms with E-state index < -0.39 is 11.2 Å². The van der Waals surface area contributed by atoms with Crippen LogP contribution in [-0.2, 0) is 6.54 Å². The number of nitrogens with one attached hydrogen (secondary N) is 2. The van der Waals surface area contributed by atoms with Gasteiger partial charge < -0.3 is 4.98 Å². The molecule has 1 rings (SSSR count). The second-order valence-corrected chi connectivity index (χ2v) is 4.12. The predicted octanol–water partition coefficient (Wildman–Crippen LogP) is 1.22. The molecule has 0 radical (unpaired) electrons. The van der Waals surface area contributed by atoms with Gasteiger partial charge in [0.25, 0.3) is 5.56 Å². The highest BCUT2D eigenvalue weighted by Gasteiger charge is 2.15. The zero-order valence-corrected chi connectivity index (χ0v) is 10.9. The fourth-order valence-electron chi connectivity index (χ4n) is 1.48. The summed E-state index contributed by atoms with van der Waals surface area (Å²) >= 11 is 1.25. The first kappa shape index (κ1) is 13.5. The van der Waals surface area contributed by atoms with Crippen molar-refractivity contribution in [1.29, 1.82) is 5.41 Å². The number of hydrogen-bond donors (Lipinski definition) is 2. The van der Waals surface area contributed by atoms with Gasteiger partial charge in [-0.2, -0.15) is 0 Å². The number of allylic oxidation sites excluding steroid dienone is 2. The van der Waals surface area contributed by atoms with Crippen LogP contribution in [0.25, 0.3) is 0 Å². The van der Waals surface area contributed by atoms with Gasteiger partial charge in [-0.05, 0) is 26.2 Å². The first-order chi connectivity index (χ1) is 8.06. The van der Waals surface area contributed by atoms with Gasteiger partial charge in [0.15, 0.2) is 0 Å². The van der Waals surface area contributed by atoms with Crippen LogP contribution >= 0.6 is 11.8 Å². The molecule has 2 N–H and O–H groups in total. The molecule has 0 amide bonds. The number of rotatable bonds is 4. The largest absolute Gasteiger partial charge is 0.329 e. The van der Waals surface area contributed by atoms with Crippen molar-refractivity contribution in [2.24, 2.45) is 0 Å². The number of aromatic nitrogens is 2. The van der Waals surface area contributed by atoms with Gasteiger partial charge in [-0.15, -0.1) is 11.8 Å². The van der Waals surface area contributed by atoms with E-state index >= 15 is 0 Å². The second-order valence-electron chi connectivity index (χ2n) is 3.30. The molecule has 5 nitrogen and oxygen atoms in total. The summed E-state index contributed by atoms with van der Waals surface area (Å²) in [4.78, 5) is 26.3. The molecule has 0 atom stereocenters. The molecule has 1 heterocycles. The first-order valence-electron chi connectivity index (χ1n) is 5.19. The zero-order valence-electron chi connectivity index (χ0n) is 10.0. The Bertz CT molecular complexity index is 569. The summed E-state index contributed by atoms with van der Waals surface area (Å²) in [5.41, 5.74) is -0.486. The Morgan fingerprint density at radius 1 is 1.53 bits per heavy atom. The van der Waals surface area contributed by atoms with Crippen molar-refractivity contribution in [3.8, 4) is 0 Å². The van der Waals surface area contributed by atoms with Crippen LogP contribution in [0.1, 0.15) is 19.4 Å². The molecule has 0 bridgehead atoms. The minimum absolute atomic E-state index is 0.111. The van der Waals surface area contributed by atoms with E-state index in [0.717, 1.165) is 4.57 Å². The van der Waals surface area contributed by atoms with Crippen LogP contribution in [0.4, 0.5) is 0 Å². The molecular formula is C11H15N3O2S. The quantitative estimate of drug-likeness (QED) is 0.481. The highest BCUT2D eigenvalue weighted by Crippen LogP contribution is 2.13. The molecule has 0 saturated carbocycles. The second kappa shape index (κ2) is 5.67. The van der Waals surface area contributed by atoms with Crippen LogP contribution in [0.2, 0.25) is 0 Å². The van der Waals surface area contributed by atoms with E-state index in [0.29, 0.717) is 11.6 Å². The molecule has 92 valence electrons. The van der Waals surface area contributed by atoms with E-state index in [9.17, 15) is 9.59 Å². The summed E-state index contributed by atoms with van der Waals surface area (Å²) in [6, 6.07) is 0. The van der Waals surface area contributed by atoms with Gasteiger partial charge in [-0.1, -0.05) is 6.08 Å². The maximum Gasteiger partial charge on any atom is 0.329 e. The van der Waals surface area contributed by atoms with E-state index in [1.807, 2.05) is 0 Å². The van der Waals surface area contributed by atoms with Crippen molar-refractivity contribution in [2.45, 2.75) is 25.4 Å². The molecule has 0 aromatic carbocycles. The average molecular weight is 253 g/mol. The number of H-pyrrole nitrogens is 1. The Kier molecular flexibility index (Phi) is 4.51. The lowest BCUT2D eigenvalue weighted by atomic mass is 10.2. The number of nitrogens with zero attached hydrogens (tertiary/aromatic N) is 1. The highest BCUT2D eigenvalue weighted by molar-refractivity contribution is 7.98. The molecule has 0 aliphatic carbocycles. The fraction of sp³-hybridized carbons (Fsp3) is 0.364. The Morgan fingerprint density at radius 3 is 2.65 bits per heavy atom. The van der Waals surface area contributed by atoms with Crippen molar-refractivity contribution in [2.75, 3.05) is 6.26 Å². The van der Waals surface area contributed by atoms with Crippen molar-refractivity contribution < 1.29 is 0 Å². The Labute approximate surface area is 103 Å². The van der Waals surface area contributed by atoms with Crippen LogP contribution < -0.4 is 11.2 Å². The lowest BCUT2D eigenvalue weighted by Crippen LogP contribution is -2.38. The minimum Gasteiger partial charge on any atom is -0.301 e. The topological polar surface area (TPSA) is 78.7 Å². The van der Waals surface area contributed by atoms with Crippen molar-refractivity contribution >= 4 is 17.5 Å². The van der Waals surface area contributed by atoms with Crippen LogP contribution in [-0.4, -0.2) is 21.5 Å². The lowest BCUT2D eigenvalue weighted by Gasteiger charge is -2.08. The monoisotopic (exact) mass is 253 g/mol. The van der Waals surface area contributed by atoms with Crippen molar-refractivity contribution in [3.63, 3.8) is 0 Å². The Balaban J connectivity index is 3.62. The third-order valence-electron chi connectivity index (χ3n) is 2.27. The molecule has 0 unspecified atom stereocenters. The summed E-state index contributed by atoms with van der Waals surface area (Å²) < 4.78 is 1.09. The molecule has 0 aliphatic heterocycles. The lowest BCUT2D eigenvalue weighted by molar-refractivity contribution is 0.655. The van der Waals surface area contributed by atoms with Gasteiger partial charge in [0.1, 0.15) is 0 Å². The molecule has 6 heteroatoms. The summed E-state index contributed by atoms with van der Waals surface area (Å²) in [5, 5.41) is 8.26. The Hall–Kier alpha value is -1.56. The molecule has 1 aromatic rings. The normalized spacial score (nSPS) is 11.0. The predicted molar refractivity (Wildman–Crippen MR) is 70.4 cm³/mol. The molecule has 1 aromatic heterocycles. The minimum atomic E-state index is -0.432. The molecule has 0 spiro atoms. The smallest absolute Gasteiger partial charge is 0.301 e. The summed E-state index contributed by atoms with van der Waals surface area (Å²) in [5.74, 6) is 0. The van der Waals surface area contributed by atoms with Crippen LogP contribution in [0.3, 0.4) is 0 Å². The summed E-state index contributed by atoms with van der Waals surface area (Å²) in [6.07, 6.45) is 4.98. The molecule has 17 heavy (non-hydrogen) atoms. The van der Waals surface area contributed by atoms with Crippen LogP contribution in [0.15, 0.2) is 26.8 Å². The first-order valence-corrected chi connectivity index (χ1v) is 6.42. The van der Waals surface area contributed by atoms with E-state index in [1.165, 1.54) is 17.8 Å². The highest BCUT2D eigenvalue weighted by atomic mass is 32.2. The van der Waals surface area contributed by atoms with Crippen molar-refractivity contribution in [1.82, 2.24) is 9.55 Å². The van der Waals surface area contributed by atoms with E-state index in [4.69, 9.17) is 5.41 Å². The molecule has 0 fully saturated rings. The van der Waals surface area contributed by atoms with Gasteiger partial charge in [-0.3, -0.25) is 14.8 Å². The van der Waals surface area contributed by atoms with Gasteiger partial charge in [0, 0.05) is 6.54 Å². The van der Waals surface area contributed by atoms with Crippen LogP contribution in [0, 0.1) is 5.41 Å². The fourth-order valence-corrected chi connectivity index (χ4v) is 2.07. The van der Waals surface area contributed by atoms with Crippen LogP contribution in [0.5, 0.6) is 0 Å². The van der Waals surface area contributed by atoms with E-state index in [-0.39, 0.29) is 11.3 Å². The molecule has 0 saturated heterocycles. The van der Waals surface area contributed by atoms with Gasteiger partial charge in [-0.25, -0.2) is 4.79 Å². The molecule has 0 aliphatic rings. The third kappa shape index (κ3) is 2.58.